The molecule has 2 unspecified atom stereocenters. The number of carbonyl (C=O) groups excluding carboxylic acids is 2. The van der Waals surface area contributed by atoms with E-state index in [1.807, 2.05) is 68.4 Å². The molecular formula is C37H44N4O5S. The van der Waals surface area contributed by atoms with E-state index in [4.69, 9.17) is 4.74 Å². The number of nitrogens with one attached hydrogen (secondary N) is 2. The van der Waals surface area contributed by atoms with Crippen molar-refractivity contribution >= 4 is 29.1 Å². The van der Waals surface area contributed by atoms with Gasteiger partial charge in [-0.2, -0.15) is 0 Å². The topological polar surface area (TPSA) is 131 Å². The third kappa shape index (κ3) is 10.5. The summed E-state index contributed by atoms with van der Waals surface area (Å²) in [5, 5.41) is 14.6. The number of carboxylic acid groups (broad SMARTS) is 1. The Balaban J connectivity index is 1.39. The molecule has 0 aliphatic heterocycles. The molecule has 0 saturated carbocycles. The molecule has 2 atom stereocenters. The van der Waals surface area contributed by atoms with Crippen molar-refractivity contribution < 1.29 is 24.2 Å². The first-order chi connectivity index (χ1) is 22.6. The Morgan fingerprint density at radius 3 is 2.09 bits per heavy atom. The molecule has 0 aliphatic rings. The number of carbonyl (C=O) groups is 3. The highest BCUT2D eigenvalue weighted by Gasteiger charge is 2.26. The number of hydrogen-bond donors (Lipinski definition) is 3. The van der Waals surface area contributed by atoms with E-state index < -0.39 is 24.0 Å². The SMILES string of the molecule is CCCCCCCOc1ccc(-c2cnc(-c3ccc(CC(NC(=O)c4ccc(C(C)C)s4)C(=O)NC(C)C(=O)O)cc3)nc2)cc1. The normalized spacial score (nSPS) is 12.4. The van der Waals surface area contributed by atoms with Crippen LogP contribution < -0.4 is 15.4 Å². The highest BCUT2D eigenvalue weighted by atomic mass is 32.1. The van der Waals surface area contributed by atoms with E-state index in [1.54, 1.807) is 18.5 Å². The predicted molar refractivity (Wildman–Crippen MR) is 186 cm³/mol. The fourth-order valence-corrected chi connectivity index (χ4v) is 5.80. The van der Waals surface area contributed by atoms with E-state index in [2.05, 4.69) is 27.5 Å². The van der Waals surface area contributed by atoms with E-state index in [-0.39, 0.29) is 18.2 Å². The molecule has 0 aliphatic carbocycles. The molecule has 0 spiro atoms. The van der Waals surface area contributed by atoms with Gasteiger partial charge >= 0.3 is 5.97 Å². The molecule has 0 fully saturated rings. The summed E-state index contributed by atoms with van der Waals surface area (Å²) in [5.41, 5.74) is 3.47. The van der Waals surface area contributed by atoms with Crippen LogP contribution in [-0.2, 0) is 16.0 Å². The Labute approximate surface area is 280 Å². The van der Waals surface area contributed by atoms with E-state index in [1.165, 1.54) is 43.9 Å². The Hall–Kier alpha value is -4.57. The molecule has 2 heterocycles. The van der Waals surface area contributed by atoms with Crippen LogP contribution in [0.3, 0.4) is 0 Å². The summed E-state index contributed by atoms with van der Waals surface area (Å²) in [5.74, 6) is -0.427. The molecule has 248 valence electrons. The van der Waals surface area contributed by atoms with Crippen molar-refractivity contribution in [2.75, 3.05) is 6.61 Å². The Bertz CT molecular complexity index is 1600. The van der Waals surface area contributed by atoms with Crippen molar-refractivity contribution in [1.82, 2.24) is 20.6 Å². The van der Waals surface area contributed by atoms with Crippen molar-refractivity contribution in [3.8, 4) is 28.3 Å². The second kappa shape index (κ2) is 17.4. The van der Waals surface area contributed by atoms with E-state index in [0.29, 0.717) is 10.7 Å². The summed E-state index contributed by atoms with van der Waals surface area (Å²) < 4.78 is 5.88. The minimum absolute atomic E-state index is 0.172. The highest BCUT2D eigenvalue weighted by Crippen LogP contribution is 2.25. The molecule has 4 rings (SSSR count). The van der Waals surface area contributed by atoms with Gasteiger partial charge in [-0.15, -0.1) is 11.3 Å². The van der Waals surface area contributed by atoms with Crippen LogP contribution in [-0.4, -0.2) is 51.5 Å². The van der Waals surface area contributed by atoms with Crippen LogP contribution in [0.5, 0.6) is 5.75 Å². The highest BCUT2D eigenvalue weighted by molar-refractivity contribution is 7.14. The average Bonchev–Trinajstić information content (AvgIpc) is 3.58. The first-order valence-corrected chi connectivity index (χ1v) is 17.0. The van der Waals surface area contributed by atoms with Gasteiger partial charge in [0.15, 0.2) is 5.82 Å². The molecule has 9 nitrogen and oxygen atoms in total. The number of aromatic nitrogens is 2. The van der Waals surface area contributed by atoms with Crippen LogP contribution in [0.4, 0.5) is 0 Å². The number of carboxylic acids is 1. The van der Waals surface area contributed by atoms with Crippen molar-refractivity contribution in [2.24, 2.45) is 0 Å². The summed E-state index contributed by atoms with van der Waals surface area (Å²) in [7, 11) is 0. The minimum atomic E-state index is -1.16. The quantitative estimate of drug-likeness (QED) is 0.102. The van der Waals surface area contributed by atoms with Crippen molar-refractivity contribution in [1.29, 1.82) is 0 Å². The number of rotatable bonds is 17. The van der Waals surface area contributed by atoms with Crippen molar-refractivity contribution in [3.63, 3.8) is 0 Å². The Morgan fingerprint density at radius 1 is 0.809 bits per heavy atom. The molecule has 10 heteroatoms. The number of benzene rings is 2. The van der Waals surface area contributed by atoms with Gasteiger partial charge in [0.2, 0.25) is 5.91 Å². The van der Waals surface area contributed by atoms with Gasteiger partial charge in [-0.25, -0.2) is 9.97 Å². The maximum atomic E-state index is 13.1. The zero-order valence-electron chi connectivity index (χ0n) is 27.5. The lowest BCUT2D eigenvalue weighted by Crippen LogP contribution is -2.51. The second-order valence-electron chi connectivity index (χ2n) is 11.9. The van der Waals surface area contributed by atoms with Crippen LogP contribution in [0.25, 0.3) is 22.5 Å². The molecule has 47 heavy (non-hydrogen) atoms. The second-order valence-corrected chi connectivity index (χ2v) is 13.1. The summed E-state index contributed by atoms with van der Waals surface area (Å²) in [6.45, 7) is 8.41. The molecule has 4 aromatic rings. The summed E-state index contributed by atoms with van der Waals surface area (Å²) in [4.78, 5) is 48.2. The molecule has 2 aromatic carbocycles. The summed E-state index contributed by atoms with van der Waals surface area (Å²) in [6, 6.07) is 16.9. The van der Waals surface area contributed by atoms with Gasteiger partial charge in [0.1, 0.15) is 17.8 Å². The Kier molecular flexibility index (Phi) is 13.0. The summed E-state index contributed by atoms with van der Waals surface area (Å²) >= 11 is 1.38. The molecule has 0 bridgehead atoms. The van der Waals surface area contributed by atoms with Gasteiger partial charge in [-0.3, -0.25) is 14.4 Å². The lowest BCUT2D eigenvalue weighted by molar-refractivity contribution is -0.141. The molecular weight excluding hydrogens is 612 g/mol. The number of unbranched alkanes of at least 4 members (excludes halogenated alkanes) is 4. The first kappa shape index (κ1) is 35.3. The lowest BCUT2D eigenvalue weighted by Gasteiger charge is -2.20. The number of thiophene rings is 1. The third-order valence-electron chi connectivity index (χ3n) is 7.78. The largest absolute Gasteiger partial charge is 0.494 e. The molecule has 3 N–H and O–H groups in total. The molecule has 0 saturated heterocycles. The first-order valence-electron chi connectivity index (χ1n) is 16.2. The summed E-state index contributed by atoms with van der Waals surface area (Å²) in [6.07, 6.45) is 9.76. The number of nitrogens with zero attached hydrogens (tertiary/aromatic N) is 2. The van der Waals surface area contributed by atoms with E-state index >= 15 is 0 Å². The van der Waals surface area contributed by atoms with Crippen LogP contribution >= 0.6 is 11.3 Å². The van der Waals surface area contributed by atoms with Crippen molar-refractivity contribution in [2.45, 2.75) is 84.2 Å². The van der Waals surface area contributed by atoms with Gasteiger partial charge < -0.3 is 20.5 Å². The maximum Gasteiger partial charge on any atom is 0.325 e. The monoisotopic (exact) mass is 656 g/mol. The molecule has 2 amide bonds. The molecule has 0 radical (unpaired) electrons. The fraction of sp³-hybridized carbons (Fsp3) is 0.378. The number of hydrogen-bond acceptors (Lipinski definition) is 7. The lowest BCUT2D eigenvalue weighted by atomic mass is 10.0. The zero-order chi connectivity index (χ0) is 33.8. The average molecular weight is 657 g/mol. The predicted octanol–water partition coefficient (Wildman–Crippen LogP) is 7.28. The fourth-order valence-electron chi connectivity index (χ4n) is 4.89. The number of aliphatic carboxylic acids is 1. The van der Waals surface area contributed by atoms with Gasteiger partial charge in [0.25, 0.3) is 5.91 Å². The Morgan fingerprint density at radius 2 is 1.47 bits per heavy atom. The molecule has 2 aromatic heterocycles. The van der Waals surface area contributed by atoms with Crippen LogP contribution in [0.2, 0.25) is 0 Å². The van der Waals surface area contributed by atoms with Gasteiger partial charge in [0, 0.05) is 34.8 Å². The number of ether oxygens (including phenoxy) is 1. The van der Waals surface area contributed by atoms with E-state index in [9.17, 15) is 19.5 Å². The minimum Gasteiger partial charge on any atom is -0.494 e. The van der Waals surface area contributed by atoms with Crippen LogP contribution in [0, 0.1) is 0 Å². The number of amides is 2. The van der Waals surface area contributed by atoms with Gasteiger partial charge in [0.05, 0.1) is 11.5 Å². The van der Waals surface area contributed by atoms with Crippen LogP contribution in [0.1, 0.15) is 85.8 Å². The van der Waals surface area contributed by atoms with E-state index in [0.717, 1.165) is 45.9 Å². The van der Waals surface area contributed by atoms with Crippen LogP contribution in [0.15, 0.2) is 73.1 Å². The third-order valence-corrected chi connectivity index (χ3v) is 9.16. The standard InChI is InChI=1S/C37H44N4O5S/c1-5-6-7-8-9-20-46-30-16-14-27(15-17-30)29-22-38-34(39-23-29)28-12-10-26(11-13-28)21-31(35(42)40-25(4)37(44)45)41-36(43)33-19-18-32(47-33)24(2)3/h10-19,22-25,31H,5-9,20-21H2,1-4H3,(H,40,42)(H,41,43)(H,44,45). The maximum absolute atomic E-state index is 13.1. The zero-order valence-corrected chi connectivity index (χ0v) is 28.3. The van der Waals surface area contributed by atoms with Gasteiger partial charge in [-0.1, -0.05) is 82.9 Å². The van der Waals surface area contributed by atoms with Crippen molar-refractivity contribution in [3.05, 3.63) is 88.4 Å². The smallest absolute Gasteiger partial charge is 0.325 e. The van der Waals surface area contributed by atoms with Gasteiger partial charge in [-0.05, 0) is 54.7 Å².